The highest BCUT2D eigenvalue weighted by atomic mass is 32.2. The molecule has 0 amide bonds. The van der Waals surface area contributed by atoms with E-state index in [9.17, 15) is 13.2 Å². The van der Waals surface area contributed by atoms with Gasteiger partial charge in [-0.25, -0.2) is 0 Å². The molecule has 8 heteroatoms. The molecule has 1 atom stereocenters. The summed E-state index contributed by atoms with van der Waals surface area (Å²) in [5.41, 5.74) is 7.11. The van der Waals surface area contributed by atoms with Gasteiger partial charge in [0.2, 0.25) is 0 Å². The van der Waals surface area contributed by atoms with Crippen LogP contribution < -0.4 is 5.73 Å². The predicted molar refractivity (Wildman–Crippen MR) is 92.3 cm³/mol. The largest absolute Gasteiger partial charge is 0.460 e. The lowest BCUT2D eigenvalue weighted by Crippen LogP contribution is -2.35. The summed E-state index contributed by atoms with van der Waals surface area (Å²) in [5.74, 6) is -0.587. The van der Waals surface area contributed by atoms with Gasteiger partial charge in [0.1, 0.15) is 12.6 Å². The summed E-state index contributed by atoms with van der Waals surface area (Å²) >= 11 is 0. The van der Waals surface area contributed by atoms with Gasteiger partial charge in [0.05, 0.1) is 11.5 Å². The molecule has 2 rings (SSSR count). The number of aliphatic hydroxyl groups is 1. The Kier molecular flexibility index (Phi) is 8.23. The van der Waals surface area contributed by atoms with Crippen molar-refractivity contribution >= 4 is 16.1 Å². The standard InChI is InChI=1S/C10H13NO3.C7H8O3S/c11-9(6-12)10(13)14-7-8-4-2-1-3-5-8;1-6-2-4-7(5-3-6)11(8,9)10/h1-5,9,12H,6-7,11H2;2-5H,1H3,(H,8,9,10)/t9-;/m0./s1. The lowest BCUT2D eigenvalue weighted by Gasteiger charge is -2.08. The van der Waals surface area contributed by atoms with E-state index >= 15 is 0 Å². The Bertz CT molecular complexity index is 759. The van der Waals surface area contributed by atoms with Crippen molar-refractivity contribution in [3.8, 4) is 0 Å². The molecule has 0 fully saturated rings. The Morgan fingerprint density at radius 3 is 2.16 bits per heavy atom. The van der Waals surface area contributed by atoms with Crippen LogP contribution >= 0.6 is 0 Å². The lowest BCUT2D eigenvalue weighted by atomic mass is 10.2. The Morgan fingerprint density at radius 1 is 1.12 bits per heavy atom. The first-order chi connectivity index (χ1) is 11.7. The number of rotatable bonds is 5. The van der Waals surface area contributed by atoms with Gasteiger partial charge < -0.3 is 15.6 Å². The van der Waals surface area contributed by atoms with Crippen LogP contribution in [0, 0.1) is 6.92 Å². The highest BCUT2D eigenvalue weighted by Crippen LogP contribution is 2.08. The Labute approximate surface area is 146 Å². The number of carbonyl (C=O) groups is 1. The summed E-state index contributed by atoms with van der Waals surface area (Å²) in [5, 5.41) is 8.58. The van der Waals surface area contributed by atoms with E-state index in [2.05, 4.69) is 0 Å². The van der Waals surface area contributed by atoms with Crippen molar-refractivity contribution in [1.82, 2.24) is 0 Å². The minimum atomic E-state index is -4.02. The summed E-state index contributed by atoms with van der Waals surface area (Å²) in [6.07, 6.45) is 0. The van der Waals surface area contributed by atoms with Crippen LogP contribution in [-0.2, 0) is 26.3 Å². The van der Waals surface area contributed by atoms with Gasteiger partial charge >= 0.3 is 5.97 Å². The van der Waals surface area contributed by atoms with E-state index in [0.717, 1.165) is 11.1 Å². The van der Waals surface area contributed by atoms with Gasteiger partial charge in [-0.2, -0.15) is 8.42 Å². The number of esters is 1. The highest BCUT2D eigenvalue weighted by Gasteiger charge is 2.13. The van der Waals surface area contributed by atoms with Crippen LogP contribution in [0.3, 0.4) is 0 Å². The number of carbonyl (C=O) groups excluding carboxylic acids is 1. The number of benzene rings is 2. The van der Waals surface area contributed by atoms with Gasteiger partial charge in [-0.1, -0.05) is 48.0 Å². The quantitative estimate of drug-likeness (QED) is 0.537. The number of aliphatic hydroxyl groups excluding tert-OH is 1. The first-order valence-corrected chi connectivity index (χ1v) is 8.79. The lowest BCUT2D eigenvalue weighted by molar-refractivity contribution is -0.147. The fraction of sp³-hybridized carbons (Fsp3) is 0.235. The molecule has 0 aliphatic rings. The maximum Gasteiger partial charge on any atom is 0.325 e. The third kappa shape index (κ3) is 7.90. The summed E-state index contributed by atoms with van der Waals surface area (Å²) in [7, 11) is -4.02. The summed E-state index contributed by atoms with van der Waals surface area (Å²) in [4.78, 5) is 11.0. The number of nitrogens with two attached hydrogens (primary N) is 1. The third-order valence-electron chi connectivity index (χ3n) is 3.04. The Balaban J connectivity index is 0.000000257. The molecule has 0 aromatic heterocycles. The minimum absolute atomic E-state index is 0.0666. The third-order valence-corrected chi connectivity index (χ3v) is 3.91. The fourth-order valence-corrected chi connectivity index (χ4v) is 2.10. The van der Waals surface area contributed by atoms with E-state index in [1.54, 1.807) is 12.1 Å². The van der Waals surface area contributed by atoms with E-state index in [1.165, 1.54) is 12.1 Å². The van der Waals surface area contributed by atoms with Crippen LogP contribution in [0.4, 0.5) is 0 Å². The second-order valence-electron chi connectivity index (χ2n) is 5.17. The molecule has 4 N–H and O–H groups in total. The topological polar surface area (TPSA) is 127 Å². The molecule has 7 nitrogen and oxygen atoms in total. The van der Waals surface area contributed by atoms with E-state index in [-0.39, 0.29) is 11.5 Å². The maximum atomic E-state index is 11.0. The predicted octanol–water partition coefficient (Wildman–Crippen LogP) is 1.29. The molecule has 0 saturated heterocycles. The monoisotopic (exact) mass is 367 g/mol. The zero-order chi connectivity index (χ0) is 18.9. The molecule has 0 aliphatic carbocycles. The molecule has 2 aromatic rings. The minimum Gasteiger partial charge on any atom is -0.460 e. The Morgan fingerprint density at radius 2 is 1.68 bits per heavy atom. The molecule has 2 aromatic carbocycles. The van der Waals surface area contributed by atoms with Crippen LogP contribution in [0.2, 0.25) is 0 Å². The van der Waals surface area contributed by atoms with Crippen LogP contribution in [-0.4, -0.2) is 36.7 Å². The van der Waals surface area contributed by atoms with Gasteiger partial charge in [-0.15, -0.1) is 0 Å². The fourth-order valence-electron chi connectivity index (χ4n) is 1.62. The number of ether oxygens (including phenoxy) is 1. The van der Waals surface area contributed by atoms with Crippen molar-refractivity contribution in [1.29, 1.82) is 0 Å². The van der Waals surface area contributed by atoms with E-state index in [4.69, 9.17) is 20.1 Å². The molecule has 0 heterocycles. The SMILES string of the molecule is Cc1ccc(S(=O)(=O)O)cc1.N[C@@H](CO)C(=O)OCc1ccccc1. The normalized spacial score (nSPS) is 11.8. The zero-order valence-corrected chi connectivity index (χ0v) is 14.5. The molecule has 0 radical (unpaired) electrons. The van der Waals surface area contributed by atoms with Crippen LogP contribution in [0.15, 0.2) is 59.5 Å². The van der Waals surface area contributed by atoms with Gasteiger partial charge in [0.15, 0.2) is 0 Å². The second-order valence-corrected chi connectivity index (χ2v) is 6.59. The summed E-state index contributed by atoms with van der Waals surface area (Å²) in [6.45, 7) is 1.63. The van der Waals surface area contributed by atoms with Crippen LogP contribution in [0.5, 0.6) is 0 Å². The summed E-state index contributed by atoms with van der Waals surface area (Å²) in [6, 6.07) is 14.3. The number of hydrogen-bond acceptors (Lipinski definition) is 6. The molecule has 0 bridgehead atoms. The number of aryl methyl sites for hydroxylation is 1. The molecule has 25 heavy (non-hydrogen) atoms. The van der Waals surface area contributed by atoms with Crippen molar-refractivity contribution in [2.75, 3.05) is 6.61 Å². The zero-order valence-electron chi connectivity index (χ0n) is 13.7. The molecule has 136 valence electrons. The van der Waals surface area contributed by atoms with E-state index in [0.29, 0.717) is 0 Å². The molecule has 0 unspecified atom stereocenters. The molecular weight excluding hydrogens is 346 g/mol. The molecule has 0 saturated carbocycles. The smallest absolute Gasteiger partial charge is 0.325 e. The van der Waals surface area contributed by atoms with Crippen molar-refractivity contribution in [2.24, 2.45) is 5.73 Å². The van der Waals surface area contributed by atoms with Crippen molar-refractivity contribution in [3.63, 3.8) is 0 Å². The van der Waals surface area contributed by atoms with Crippen molar-refractivity contribution in [2.45, 2.75) is 24.5 Å². The number of hydrogen-bond donors (Lipinski definition) is 3. The highest BCUT2D eigenvalue weighted by molar-refractivity contribution is 7.85. The molecule has 0 aliphatic heterocycles. The van der Waals surface area contributed by atoms with Crippen molar-refractivity contribution in [3.05, 3.63) is 65.7 Å². The summed E-state index contributed by atoms with van der Waals surface area (Å²) < 4.78 is 34.4. The molecular formula is C17H21NO6S. The molecule has 0 spiro atoms. The van der Waals surface area contributed by atoms with Gasteiger partial charge in [0.25, 0.3) is 10.1 Å². The van der Waals surface area contributed by atoms with Gasteiger partial charge in [0, 0.05) is 0 Å². The van der Waals surface area contributed by atoms with Gasteiger partial charge in [-0.05, 0) is 24.6 Å². The van der Waals surface area contributed by atoms with Crippen LogP contribution in [0.25, 0.3) is 0 Å². The van der Waals surface area contributed by atoms with Crippen molar-refractivity contribution < 1.29 is 27.6 Å². The van der Waals surface area contributed by atoms with Gasteiger partial charge in [-0.3, -0.25) is 9.35 Å². The maximum absolute atomic E-state index is 11.0. The van der Waals surface area contributed by atoms with E-state index in [1.807, 2.05) is 37.3 Å². The van der Waals surface area contributed by atoms with Crippen LogP contribution in [0.1, 0.15) is 11.1 Å². The first kappa shape index (κ1) is 20.8. The second kappa shape index (κ2) is 9.90. The average Bonchev–Trinajstić information content (AvgIpc) is 2.60. The Hall–Kier alpha value is -2.26. The van der Waals surface area contributed by atoms with E-state index < -0.39 is 28.7 Å². The first-order valence-electron chi connectivity index (χ1n) is 7.35. The average molecular weight is 367 g/mol.